The van der Waals surface area contributed by atoms with Crippen molar-refractivity contribution in [3.63, 3.8) is 0 Å². The summed E-state index contributed by atoms with van der Waals surface area (Å²) in [7, 11) is 1.89. The number of rotatable bonds is 1. The van der Waals surface area contributed by atoms with Gasteiger partial charge in [-0.2, -0.15) is 0 Å². The van der Waals surface area contributed by atoms with Gasteiger partial charge in [0, 0.05) is 13.2 Å². The summed E-state index contributed by atoms with van der Waals surface area (Å²) >= 11 is 0. The molecule has 0 unspecified atom stereocenters. The first-order chi connectivity index (χ1) is 4.24. The van der Waals surface area contributed by atoms with Crippen molar-refractivity contribution in [2.75, 3.05) is 5.73 Å². The van der Waals surface area contributed by atoms with Crippen molar-refractivity contribution in [3.8, 4) is 0 Å². The van der Waals surface area contributed by atoms with Crippen molar-refractivity contribution in [2.24, 2.45) is 7.05 Å². The molecule has 9 heavy (non-hydrogen) atoms. The van der Waals surface area contributed by atoms with Crippen LogP contribution in [0.3, 0.4) is 0 Å². The van der Waals surface area contributed by atoms with E-state index in [0.29, 0.717) is 5.95 Å². The highest BCUT2D eigenvalue weighted by atomic mass is 15.1. The third kappa shape index (κ3) is 1.04. The molecule has 0 atom stereocenters. The van der Waals surface area contributed by atoms with Crippen LogP contribution in [-0.2, 0) is 13.5 Å². The van der Waals surface area contributed by atoms with Gasteiger partial charge in [-0.1, -0.05) is 6.92 Å². The minimum atomic E-state index is 0.590. The van der Waals surface area contributed by atoms with Crippen LogP contribution in [0.2, 0.25) is 0 Å². The highest BCUT2D eigenvalue weighted by molar-refractivity contribution is 5.20. The summed E-state index contributed by atoms with van der Waals surface area (Å²) in [6.07, 6.45) is 2.89. The van der Waals surface area contributed by atoms with Crippen molar-refractivity contribution in [3.05, 3.63) is 11.9 Å². The number of nitrogens with zero attached hydrogens (tertiary/aromatic N) is 2. The molecule has 0 spiro atoms. The molecule has 0 saturated carbocycles. The topological polar surface area (TPSA) is 43.8 Å². The van der Waals surface area contributed by atoms with Gasteiger partial charge in [-0.3, -0.25) is 0 Å². The number of anilines is 1. The Labute approximate surface area is 54.5 Å². The van der Waals surface area contributed by atoms with Crippen LogP contribution in [0.1, 0.15) is 12.6 Å². The first kappa shape index (κ1) is 6.13. The Morgan fingerprint density at radius 1 is 1.78 bits per heavy atom. The Bertz CT molecular complexity index is 183. The normalized spacial score (nSPS) is 10.0. The zero-order valence-electron chi connectivity index (χ0n) is 5.76. The third-order valence-electron chi connectivity index (χ3n) is 1.32. The van der Waals surface area contributed by atoms with E-state index < -0.39 is 0 Å². The second-order valence-corrected chi connectivity index (χ2v) is 2.05. The Morgan fingerprint density at radius 3 is 2.67 bits per heavy atom. The Morgan fingerprint density at radius 2 is 2.44 bits per heavy atom. The summed E-state index contributed by atoms with van der Waals surface area (Å²) in [5.74, 6) is 0.590. The van der Waals surface area contributed by atoms with Gasteiger partial charge in [0.15, 0.2) is 5.95 Å². The van der Waals surface area contributed by atoms with Gasteiger partial charge in [-0.25, -0.2) is 4.98 Å². The number of nitrogen functional groups attached to an aromatic ring is 1. The van der Waals surface area contributed by atoms with Crippen molar-refractivity contribution in [1.29, 1.82) is 0 Å². The zero-order chi connectivity index (χ0) is 6.85. The van der Waals surface area contributed by atoms with E-state index >= 15 is 0 Å². The molecule has 3 nitrogen and oxygen atoms in total. The average molecular weight is 125 g/mol. The maximum Gasteiger partial charge on any atom is 0.200 e. The predicted octanol–water partition coefficient (Wildman–Crippen LogP) is 0.565. The van der Waals surface area contributed by atoms with Gasteiger partial charge < -0.3 is 10.3 Å². The van der Waals surface area contributed by atoms with E-state index in [4.69, 9.17) is 5.73 Å². The molecule has 0 radical (unpaired) electrons. The summed E-state index contributed by atoms with van der Waals surface area (Å²) in [6.45, 7) is 2.06. The van der Waals surface area contributed by atoms with Gasteiger partial charge in [-0.15, -0.1) is 0 Å². The van der Waals surface area contributed by atoms with Crippen LogP contribution >= 0.6 is 0 Å². The van der Waals surface area contributed by atoms with Crippen molar-refractivity contribution in [1.82, 2.24) is 9.55 Å². The molecular weight excluding hydrogens is 114 g/mol. The molecule has 50 valence electrons. The molecule has 1 heterocycles. The molecule has 0 aromatic carbocycles. The molecule has 0 bridgehead atoms. The van der Waals surface area contributed by atoms with E-state index in [1.54, 1.807) is 0 Å². The lowest BCUT2D eigenvalue weighted by Crippen LogP contribution is -1.94. The minimum absolute atomic E-state index is 0.590. The molecule has 0 amide bonds. The summed E-state index contributed by atoms with van der Waals surface area (Å²) in [5.41, 5.74) is 6.52. The zero-order valence-corrected chi connectivity index (χ0v) is 5.76. The summed E-state index contributed by atoms with van der Waals surface area (Å²) in [4.78, 5) is 4.07. The highest BCUT2D eigenvalue weighted by Gasteiger charge is 1.96. The number of aryl methyl sites for hydroxylation is 2. The van der Waals surface area contributed by atoms with Crippen LogP contribution in [0.15, 0.2) is 6.20 Å². The molecule has 3 heteroatoms. The average Bonchev–Trinajstić information content (AvgIpc) is 2.13. The van der Waals surface area contributed by atoms with Crippen LogP contribution in [0.4, 0.5) is 5.95 Å². The fraction of sp³-hybridized carbons (Fsp3) is 0.500. The first-order valence-corrected chi connectivity index (χ1v) is 3.01. The standard InChI is InChI=1S/C6H11N3/c1-3-5-4-9(2)6(7)8-5/h4H,3H2,1-2H3,(H2,7,8). The van der Waals surface area contributed by atoms with Gasteiger partial charge in [0.2, 0.25) is 0 Å². The van der Waals surface area contributed by atoms with E-state index in [2.05, 4.69) is 11.9 Å². The van der Waals surface area contributed by atoms with Gasteiger partial charge >= 0.3 is 0 Å². The first-order valence-electron chi connectivity index (χ1n) is 3.01. The molecule has 0 aliphatic carbocycles. The predicted molar refractivity (Wildman–Crippen MR) is 37.0 cm³/mol. The smallest absolute Gasteiger partial charge is 0.200 e. The fourth-order valence-corrected chi connectivity index (χ4v) is 0.715. The lowest BCUT2D eigenvalue weighted by Gasteiger charge is -1.87. The quantitative estimate of drug-likeness (QED) is 0.596. The molecule has 0 fully saturated rings. The number of imidazole rings is 1. The largest absolute Gasteiger partial charge is 0.369 e. The molecule has 0 saturated heterocycles. The second-order valence-electron chi connectivity index (χ2n) is 2.05. The van der Waals surface area contributed by atoms with E-state index in [0.717, 1.165) is 12.1 Å². The van der Waals surface area contributed by atoms with Crippen LogP contribution in [0.25, 0.3) is 0 Å². The molecule has 1 aromatic rings. The fourth-order valence-electron chi connectivity index (χ4n) is 0.715. The second kappa shape index (κ2) is 2.09. The molecule has 0 aliphatic heterocycles. The lowest BCUT2D eigenvalue weighted by molar-refractivity contribution is 0.927. The van der Waals surface area contributed by atoms with Gasteiger partial charge in [0.05, 0.1) is 5.69 Å². The summed E-state index contributed by atoms with van der Waals surface area (Å²) in [6, 6.07) is 0. The van der Waals surface area contributed by atoms with E-state index in [1.165, 1.54) is 0 Å². The summed E-state index contributed by atoms with van der Waals surface area (Å²) < 4.78 is 1.82. The van der Waals surface area contributed by atoms with Crippen LogP contribution in [0.5, 0.6) is 0 Å². The number of aromatic nitrogens is 2. The Balaban J connectivity index is 2.98. The van der Waals surface area contributed by atoms with Crippen LogP contribution < -0.4 is 5.73 Å². The number of hydrogen-bond acceptors (Lipinski definition) is 2. The molecular formula is C6H11N3. The molecule has 1 rings (SSSR count). The van der Waals surface area contributed by atoms with E-state index in [-0.39, 0.29) is 0 Å². The van der Waals surface area contributed by atoms with E-state index in [1.807, 2.05) is 17.8 Å². The lowest BCUT2D eigenvalue weighted by atomic mass is 10.4. The maximum absolute atomic E-state index is 5.47. The monoisotopic (exact) mass is 125 g/mol. The third-order valence-corrected chi connectivity index (χ3v) is 1.32. The van der Waals surface area contributed by atoms with Crippen LogP contribution in [-0.4, -0.2) is 9.55 Å². The maximum atomic E-state index is 5.47. The van der Waals surface area contributed by atoms with Crippen molar-refractivity contribution >= 4 is 5.95 Å². The van der Waals surface area contributed by atoms with Crippen molar-refractivity contribution in [2.45, 2.75) is 13.3 Å². The minimum Gasteiger partial charge on any atom is -0.369 e. The van der Waals surface area contributed by atoms with Crippen LogP contribution in [0, 0.1) is 0 Å². The Kier molecular flexibility index (Phi) is 1.42. The van der Waals surface area contributed by atoms with Gasteiger partial charge in [0.1, 0.15) is 0 Å². The van der Waals surface area contributed by atoms with Gasteiger partial charge in [0.25, 0.3) is 0 Å². The van der Waals surface area contributed by atoms with E-state index in [9.17, 15) is 0 Å². The number of nitrogens with two attached hydrogens (primary N) is 1. The Hall–Kier alpha value is -0.990. The highest BCUT2D eigenvalue weighted by Crippen LogP contribution is 2.01. The summed E-state index contributed by atoms with van der Waals surface area (Å²) in [5, 5.41) is 0. The molecule has 1 aromatic heterocycles. The van der Waals surface area contributed by atoms with Crippen molar-refractivity contribution < 1.29 is 0 Å². The number of hydrogen-bond donors (Lipinski definition) is 1. The molecule has 0 aliphatic rings. The molecule has 2 N–H and O–H groups in total. The SMILES string of the molecule is CCc1cn(C)c(N)n1. The van der Waals surface area contributed by atoms with Gasteiger partial charge in [-0.05, 0) is 6.42 Å².